The van der Waals surface area contributed by atoms with E-state index < -0.39 is 0 Å². The highest BCUT2D eigenvalue weighted by molar-refractivity contribution is 7.99. The van der Waals surface area contributed by atoms with Crippen LogP contribution in [0.15, 0.2) is 34.2 Å². The number of rotatable bonds is 5. The standard InChI is InChI=1S/C17H19N3O3S/c1-3-8-24-17-19-15-14(16(22)20-17)12(9-13(21)18-15)10-4-6-11(23-2)7-5-10/h4-7,12H,3,8-9H2,1-2H3,(H2,18,19,20,21,22). The number of aromatic nitrogens is 2. The molecule has 1 atom stereocenters. The average molecular weight is 345 g/mol. The minimum Gasteiger partial charge on any atom is -0.497 e. The van der Waals surface area contributed by atoms with E-state index in [1.807, 2.05) is 24.3 Å². The molecular weight excluding hydrogens is 326 g/mol. The molecule has 2 heterocycles. The number of nitrogens with zero attached hydrogens (tertiary/aromatic N) is 1. The van der Waals surface area contributed by atoms with E-state index in [9.17, 15) is 9.59 Å². The maximum Gasteiger partial charge on any atom is 0.257 e. The van der Waals surface area contributed by atoms with Crippen molar-refractivity contribution in [2.75, 3.05) is 18.2 Å². The number of fused-ring (bicyclic) bond motifs is 1. The van der Waals surface area contributed by atoms with Gasteiger partial charge in [0.1, 0.15) is 11.6 Å². The van der Waals surface area contributed by atoms with Gasteiger partial charge in [-0.1, -0.05) is 30.8 Å². The second-order valence-corrected chi connectivity index (χ2v) is 6.64. The lowest BCUT2D eigenvalue weighted by molar-refractivity contribution is -0.116. The molecule has 126 valence electrons. The Labute approximate surface area is 144 Å². The smallest absolute Gasteiger partial charge is 0.257 e. The fraction of sp³-hybridized carbons (Fsp3) is 0.353. The highest BCUT2D eigenvalue weighted by Gasteiger charge is 2.30. The maximum absolute atomic E-state index is 12.6. The summed E-state index contributed by atoms with van der Waals surface area (Å²) in [6.07, 6.45) is 1.21. The molecule has 1 aromatic carbocycles. The van der Waals surface area contributed by atoms with E-state index in [2.05, 4.69) is 22.2 Å². The third kappa shape index (κ3) is 3.31. The minimum absolute atomic E-state index is 0.132. The van der Waals surface area contributed by atoms with Crippen molar-refractivity contribution < 1.29 is 9.53 Å². The van der Waals surface area contributed by atoms with Crippen molar-refractivity contribution in [1.29, 1.82) is 0 Å². The third-order valence-corrected chi connectivity index (χ3v) is 4.97. The topological polar surface area (TPSA) is 84.1 Å². The number of benzene rings is 1. The van der Waals surface area contributed by atoms with Crippen LogP contribution < -0.4 is 15.6 Å². The average Bonchev–Trinajstić information content (AvgIpc) is 2.59. The largest absolute Gasteiger partial charge is 0.497 e. The third-order valence-electron chi connectivity index (χ3n) is 3.89. The Balaban J connectivity index is 2.02. The fourth-order valence-corrected chi connectivity index (χ4v) is 3.46. The van der Waals surface area contributed by atoms with Gasteiger partial charge in [-0.3, -0.25) is 9.59 Å². The van der Waals surface area contributed by atoms with Crippen molar-refractivity contribution in [1.82, 2.24) is 9.97 Å². The first-order chi connectivity index (χ1) is 11.6. The van der Waals surface area contributed by atoms with Crippen LogP contribution in [0.1, 0.15) is 36.8 Å². The quantitative estimate of drug-likeness (QED) is 0.643. The molecule has 2 aromatic rings. The van der Waals surface area contributed by atoms with Gasteiger partial charge in [-0.05, 0) is 24.1 Å². The first-order valence-corrected chi connectivity index (χ1v) is 8.81. The molecule has 0 fully saturated rings. The summed E-state index contributed by atoms with van der Waals surface area (Å²) in [6, 6.07) is 7.42. The van der Waals surface area contributed by atoms with Crippen molar-refractivity contribution in [3.8, 4) is 5.75 Å². The SMILES string of the molecule is CCCSc1nc2c(c(=O)[nH]1)C(c1ccc(OC)cc1)CC(=O)N2. The maximum atomic E-state index is 12.6. The monoisotopic (exact) mass is 345 g/mol. The summed E-state index contributed by atoms with van der Waals surface area (Å²) in [5, 5.41) is 3.27. The Morgan fingerprint density at radius 2 is 2.04 bits per heavy atom. The zero-order valence-electron chi connectivity index (χ0n) is 13.6. The van der Waals surface area contributed by atoms with Gasteiger partial charge >= 0.3 is 0 Å². The van der Waals surface area contributed by atoms with Gasteiger partial charge in [0.05, 0.1) is 12.7 Å². The van der Waals surface area contributed by atoms with Crippen LogP contribution in [0.4, 0.5) is 5.82 Å². The van der Waals surface area contributed by atoms with Crippen LogP contribution >= 0.6 is 11.8 Å². The van der Waals surface area contributed by atoms with Gasteiger partial charge in [-0.2, -0.15) is 0 Å². The number of ether oxygens (including phenoxy) is 1. The lowest BCUT2D eigenvalue weighted by Crippen LogP contribution is -2.31. The van der Waals surface area contributed by atoms with Crippen LogP contribution in [0.3, 0.4) is 0 Å². The zero-order chi connectivity index (χ0) is 17.1. The predicted molar refractivity (Wildman–Crippen MR) is 94.0 cm³/mol. The molecule has 0 saturated heterocycles. The van der Waals surface area contributed by atoms with Crippen molar-refractivity contribution in [2.45, 2.75) is 30.8 Å². The van der Waals surface area contributed by atoms with E-state index in [4.69, 9.17) is 4.74 Å². The number of amides is 1. The van der Waals surface area contributed by atoms with Crippen LogP contribution in [-0.2, 0) is 4.79 Å². The van der Waals surface area contributed by atoms with Crippen LogP contribution in [0, 0.1) is 0 Å². The normalized spacial score (nSPS) is 16.4. The number of hydrogen-bond donors (Lipinski definition) is 2. The van der Waals surface area contributed by atoms with E-state index in [0.717, 1.165) is 23.5 Å². The molecule has 1 aromatic heterocycles. The number of methoxy groups -OCH3 is 1. The molecule has 24 heavy (non-hydrogen) atoms. The number of thioether (sulfide) groups is 1. The number of hydrogen-bond acceptors (Lipinski definition) is 5. The molecule has 3 rings (SSSR count). The summed E-state index contributed by atoms with van der Waals surface area (Å²) in [5.74, 6) is 1.53. The first-order valence-electron chi connectivity index (χ1n) is 7.83. The number of carbonyl (C=O) groups is 1. The Morgan fingerprint density at radius 3 is 2.71 bits per heavy atom. The van der Waals surface area contributed by atoms with Crippen molar-refractivity contribution in [2.24, 2.45) is 0 Å². The van der Waals surface area contributed by atoms with E-state index in [0.29, 0.717) is 16.5 Å². The van der Waals surface area contributed by atoms with Gasteiger partial charge in [0.2, 0.25) is 5.91 Å². The summed E-state index contributed by atoms with van der Waals surface area (Å²) in [5.41, 5.74) is 1.22. The van der Waals surface area contributed by atoms with Crippen molar-refractivity contribution >= 4 is 23.5 Å². The van der Waals surface area contributed by atoms with Gasteiger partial charge in [0.25, 0.3) is 5.56 Å². The van der Waals surface area contributed by atoms with Gasteiger partial charge in [-0.25, -0.2) is 4.98 Å². The van der Waals surface area contributed by atoms with Crippen molar-refractivity contribution in [3.63, 3.8) is 0 Å². The zero-order valence-corrected chi connectivity index (χ0v) is 14.4. The lowest BCUT2D eigenvalue weighted by atomic mass is 9.87. The molecule has 1 aliphatic rings. The Morgan fingerprint density at radius 1 is 1.29 bits per heavy atom. The molecule has 0 saturated carbocycles. The molecule has 0 bridgehead atoms. The number of H-pyrrole nitrogens is 1. The van der Waals surface area contributed by atoms with Crippen LogP contribution in [0.5, 0.6) is 5.75 Å². The number of anilines is 1. The highest BCUT2D eigenvalue weighted by Crippen LogP contribution is 2.35. The Hall–Kier alpha value is -2.28. The van der Waals surface area contributed by atoms with E-state index >= 15 is 0 Å². The second kappa shape index (κ2) is 7.09. The van der Waals surface area contributed by atoms with Gasteiger partial charge in [0, 0.05) is 18.1 Å². The second-order valence-electron chi connectivity index (χ2n) is 5.56. The Bertz CT molecular complexity index is 802. The van der Waals surface area contributed by atoms with Gasteiger partial charge in [-0.15, -0.1) is 0 Å². The van der Waals surface area contributed by atoms with Crippen molar-refractivity contribution in [3.05, 3.63) is 45.7 Å². The van der Waals surface area contributed by atoms with Gasteiger partial charge < -0.3 is 15.0 Å². The summed E-state index contributed by atoms with van der Waals surface area (Å²) in [7, 11) is 1.60. The minimum atomic E-state index is -0.305. The van der Waals surface area contributed by atoms with Crippen LogP contribution in [0.25, 0.3) is 0 Å². The van der Waals surface area contributed by atoms with E-state index in [-0.39, 0.29) is 23.8 Å². The predicted octanol–water partition coefficient (Wildman–Crippen LogP) is 2.75. The van der Waals surface area contributed by atoms with Crippen LogP contribution in [-0.4, -0.2) is 28.7 Å². The number of aromatic amines is 1. The molecular formula is C17H19N3O3S. The molecule has 0 radical (unpaired) electrons. The number of carbonyl (C=O) groups excluding carboxylic acids is 1. The molecule has 1 unspecified atom stereocenters. The molecule has 1 amide bonds. The highest BCUT2D eigenvalue weighted by atomic mass is 32.2. The molecule has 6 nitrogen and oxygen atoms in total. The first kappa shape index (κ1) is 16.6. The van der Waals surface area contributed by atoms with E-state index in [1.165, 1.54) is 11.8 Å². The molecule has 0 spiro atoms. The summed E-state index contributed by atoms with van der Waals surface area (Å²) in [4.78, 5) is 31.9. The lowest BCUT2D eigenvalue weighted by Gasteiger charge is -2.24. The summed E-state index contributed by atoms with van der Waals surface area (Å²) < 4.78 is 5.16. The molecule has 2 N–H and O–H groups in total. The van der Waals surface area contributed by atoms with E-state index in [1.54, 1.807) is 7.11 Å². The summed E-state index contributed by atoms with van der Waals surface area (Å²) in [6.45, 7) is 2.06. The summed E-state index contributed by atoms with van der Waals surface area (Å²) >= 11 is 1.48. The van der Waals surface area contributed by atoms with Crippen LogP contribution in [0.2, 0.25) is 0 Å². The Kier molecular flexibility index (Phi) is 4.89. The number of nitrogens with one attached hydrogen (secondary N) is 2. The molecule has 7 heteroatoms. The van der Waals surface area contributed by atoms with Gasteiger partial charge in [0.15, 0.2) is 5.16 Å². The molecule has 1 aliphatic heterocycles. The molecule has 0 aliphatic carbocycles. The fourth-order valence-electron chi connectivity index (χ4n) is 2.74.